The van der Waals surface area contributed by atoms with Gasteiger partial charge in [-0.25, -0.2) is 4.98 Å². The monoisotopic (exact) mass is 295 g/mol. The Bertz CT molecular complexity index is 541. The first-order valence-electron chi connectivity index (χ1n) is 6.83. The zero-order valence-electron chi connectivity index (χ0n) is 12.4. The molecule has 1 aliphatic heterocycles. The number of piperidine rings is 1. The van der Waals surface area contributed by atoms with Gasteiger partial charge in [0, 0.05) is 20.1 Å². The summed E-state index contributed by atoms with van der Waals surface area (Å²) in [5.74, 6) is 0.00938. The number of amides is 2. The summed E-state index contributed by atoms with van der Waals surface area (Å²) in [6, 6.07) is 0. The Morgan fingerprint density at radius 1 is 1.40 bits per heavy atom. The topological polar surface area (TPSA) is 62.3 Å². The lowest BCUT2D eigenvalue weighted by atomic mass is 9.81. The first-order valence-corrected chi connectivity index (χ1v) is 7.64. The molecule has 5 nitrogen and oxygen atoms in total. The van der Waals surface area contributed by atoms with Crippen molar-refractivity contribution in [1.82, 2.24) is 15.2 Å². The van der Waals surface area contributed by atoms with Crippen molar-refractivity contribution in [2.75, 3.05) is 20.1 Å². The van der Waals surface area contributed by atoms with E-state index in [9.17, 15) is 9.59 Å². The smallest absolute Gasteiger partial charge is 0.265 e. The molecule has 1 aromatic heterocycles. The van der Waals surface area contributed by atoms with Gasteiger partial charge in [-0.05, 0) is 33.6 Å². The van der Waals surface area contributed by atoms with Gasteiger partial charge < -0.3 is 10.2 Å². The summed E-state index contributed by atoms with van der Waals surface area (Å²) in [6.07, 6.45) is 1.67. The molecule has 0 saturated carbocycles. The SMILES string of the molecule is CNC(=O)C1(C)CCCN(C(=O)c2sc(C)nc2C)C1. The lowest BCUT2D eigenvalue weighted by Crippen LogP contribution is -2.51. The number of thiazole rings is 1. The van der Waals surface area contributed by atoms with Crippen LogP contribution in [-0.2, 0) is 4.79 Å². The minimum absolute atomic E-state index is 0.00271. The lowest BCUT2D eigenvalue weighted by Gasteiger charge is -2.38. The van der Waals surface area contributed by atoms with Gasteiger partial charge >= 0.3 is 0 Å². The molecule has 1 saturated heterocycles. The predicted molar refractivity (Wildman–Crippen MR) is 78.9 cm³/mol. The highest BCUT2D eigenvalue weighted by Crippen LogP contribution is 2.31. The molecule has 0 aromatic carbocycles. The number of nitrogens with zero attached hydrogens (tertiary/aromatic N) is 2. The van der Waals surface area contributed by atoms with Crippen LogP contribution in [-0.4, -0.2) is 41.8 Å². The van der Waals surface area contributed by atoms with Gasteiger partial charge in [-0.3, -0.25) is 9.59 Å². The van der Waals surface area contributed by atoms with Gasteiger partial charge in [-0.2, -0.15) is 0 Å². The Hall–Kier alpha value is -1.43. The number of carbonyl (C=O) groups is 2. The molecule has 1 aliphatic rings. The van der Waals surface area contributed by atoms with Gasteiger partial charge in [0.1, 0.15) is 4.88 Å². The van der Waals surface area contributed by atoms with E-state index in [4.69, 9.17) is 0 Å². The van der Waals surface area contributed by atoms with E-state index in [-0.39, 0.29) is 11.8 Å². The second-order valence-corrected chi connectivity index (χ2v) is 6.82. The van der Waals surface area contributed by atoms with E-state index in [1.807, 2.05) is 20.8 Å². The van der Waals surface area contributed by atoms with Crippen molar-refractivity contribution < 1.29 is 9.59 Å². The van der Waals surface area contributed by atoms with Crippen molar-refractivity contribution in [3.63, 3.8) is 0 Å². The fourth-order valence-corrected chi connectivity index (χ4v) is 3.66. The van der Waals surface area contributed by atoms with E-state index >= 15 is 0 Å². The van der Waals surface area contributed by atoms with E-state index in [1.165, 1.54) is 11.3 Å². The first-order chi connectivity index (χ1) is 9.37. The molecule has 6 heteroatoms. The van der Waals surface area contributed by atoms with E-state index in [2.05, 4.69) is 10.3 Å². The molecule has 0 radical (unpaired) electrons. The number of aromatic nitrogens is 1. The second-order valence-electron chi connectivity index (χ2n) is 5.62. The summed E-state index contributed by atoms with van der Waals surface area (Å²) in [4.78, 5) is 31.4. The van der Waals surface area contributed by atoms with Gasteiger partial charge in [-0.15, -0.1) is 11.3 Å². The number of hydrogen-bond donors (Lipinski definition) is 1. The van der Waals surface area contributed by atoms with Gasteiger partial charge in [0.25, 0.3) is 5.91 Å². The molecule has 0 spiro atoms. The van der Waals surface area contributed by atoms with Crippen molar-refractivity contribution in [2.24, 2.45) is 5.41 Å². The molecular weight excluding hydrogens is 274 g/mol. The molecule has 1 aromatic rings. The van der Waals surface area contributed by atoms with Gasteiger partial charge in [-0.1, -0.05) is 0 Å². The number of likely N-dealkylation sites (tertiary alicyclic amines) is 1. The zero-order chi connectivity index (χ0) is 14.9. The highest BCUT2D eigenvalue weighted by atomic mass is 32.1. The van der Waals surface area contributed by atoms with Crippen LogP contribution < -0.4 is 5.32 Å². The maximum absolute atomic E-state index is 12.6. The van der Waals surface area contributed by atoms with E-state index in [0.717, 1.165) is 23.5 Å². The van der Waals surface area contributed by atoms with Crippen LogP contribution >= 0.6 is 11.3 Å². The number of nitrogens with one attached hydrogen (secondary N) is 1. The van der Waals surface area contributed by atoms with Crippen LogP contribution in [0.2, 0.25) is 0 Å². The van der Waals surface area contributed by atoms with Crippen LogP contribution in [0.4, 0.5) is 0 Å². The maximum Gasteiger partial charge on any atom is 0.265 e. The Morgan fingerprint density at radius 3 is 2.65 bits per heavy atom. The number of hydrogen-bond acceptors (Lipinski definition) is 4. The normalized spacial score (nSPS) is 22.7. The van der Waals surface area contributed by atoms with Gasteiger partial charge in [0.2, 0.25) is 5.91 Å². The molecule has 1 N–H and O–H groups in total. The standard InChI is InChI=1S/C14H21N3O2S/c1-9-11(20-10(2)16-9)12(18)17-7-5-6-14(3,8-17)13(19)15-4/h5-8H2,1-4H3,(H,15,19). The molecular formula is C14H21N3O2S. The Labute approximate surface area is 123 Å². The molecule has 0 bridgehead atoms. The maximum atomic E-state index is 12.6. The summed E-state index contributed by atoms with van der Waals surface area (Å²) < 4.78 is 0. The number of rotatable bonds is 2. The van der Waals surface area contributed by atoms with Crippen molar-refractivity contribution in [1.29, 1.82) is 0 Å². The quantitative estimate of drug-likeness (QED) is 0.904. The molecule has 1 atom stereocenters. The molecule has 20 heavy (non-hydrogen) atoms. The highest BCUT2D eigenvalue weighted by molar-refractivity contribution is 7.13. The van der Waals surface area contributed by atoms with Crippen LogP contribution in [0, 0.1) is 19.3 Å². The lowest BCUT2D eigenvalue weighted by molar-refractivity contribution is -0.132. The van der Waals surface area contributed by atoms with Crippen molar-refractivity contribution in [3.05, 3.63) is 15.6 Å². The summed E-state index contributed by atoms with van der Waals surface area (Å²) >= 11 is 1.43. The summed E-state index contributed by atoms with van der Waals surface area (Å²) in [5, 5.41) is 3.60. The largest absolute Gasteiger partial charge is 0.359 e. The molecule has 1 unspecified atom stereocenters. The first kappa shape index (κ1) is 15.0. The van der Waals surface area contributed by atoms with E-state index < -0.39 is 5.41 Å². The Morgan fingerprint density at radius 2 is 2.10 bits per heavy atom. The molecule has 2 amide bonds. The van der Waals surface area contributed by atoms with Crippen LogP contribution in [0.3, 0.4) is 0 Å². The summed E-state index contributed by atoms with van der Waals surface area (Å²) in [7, 11) is 1.64. The average Bonchev–Trinajstić information content (AvgIpc) is 2.76. The summed E-state index contributed by atoms with van der Waals surface area (Å²) in [5.41, 5.74) is 0.292. The third-order valence-electron chi connectivity index (χ3n) is 3.86. The zero-order valence-corrected chi connectivity index (χ0v) is 13.3. The molecule has 2 rings (SSSR count). The van der Waals surface area contributed by atoms with Gasteiger partial charge in [0.15, 0.2) is 0 Å². The minimum Gasteiger partial charge on any atom is -0.359 e. The molecule has 0 aliphatic carbocycles. The molecule has 2 heterocycles. The molecule has 1 fully saturated rings. The van der Waals surface area contributed by atoms with Crippen molar-refractivity contribution in [3.8, 4) is 0 Å². The average molecular weight is 295 g/mol. The van der Waals surface area contributed by atoms with Crippen molar-refractivity contribution >= 4 is 23.2 Å². The van der Waals surface area contributed by atoms with Crippen LogP contribution in [0.15, 0.2) is 0 Å². The number of aryl methyl sites for hydroxylation is 2. The predicted octanol–water partition coefficient (Wildman–Crippen LogP) is 1.75. The Kier molecular flexibility index (Phi) is 4.13. The van der Waals surface area contributed by atoms with Crippen LogP contribution in [0.5, 0.6) is 0 Å². The third kappa shape index (κ3) is 2.70. The van der Waals surface area contributed by atoms with Crippen LogP contribution in [0.1, 0.15) is 40.1 Å². The fourth-order valence-electron chi connectivity index (χ4n) is 2.77. The van der Waals surface area contributed by atoms with E-state index in [1.54, 1.807) is 11.9 Å². The minimum atomic E-state index is -0.490. The summed E-state index contributed by atoms with van der Waals surface area (Å²) in [6.45, 7) is 6.87. The molecule has 110 valence electrons. The van der Waals surface area contributed by atoms with Crippen LogP contribution in [0.25, 0.3) is 0 Å². The van der Waals surface area contributed by atoms with Crippen molar-refractivity contribution in [2.45, 2.75) is 33.6 Å². The Balaban J connectivity index is 2.19. The highest BCUT2D eigenvalue weighted by Gasteiger charge is 2.39. The van der Waals surface area contributed by atoms with E-state index in [0.29, 0.717) is 18.0 Å². The number of carbonyl (C=O) groups excluding carboxylic acids is 2. The third-order valence-corrected chi connectivity index (χ3v) is 4.92. The fraction of sp³-hybridized carbons (Fsp3) is 0.643. The van der Waals surface area contributed by atoms with Gasteiger partial charge in [0.05, 0.1) is 16.1 Å². The second kappa shape index (κ2) is 5.52.